The number of nitrogens with zero attached hydrogens (tertiary/aromatic N) is 1. The van der Waals surface area contributed by atoms with Crippen LogP contribution in [0.2, 0.25) is 0 Å². The summed E-state index contributed by atoms with van der Waals surface area (Å²) in [6.07, 6.45) is 0. The van der Waals surface area contributed by atoms with Gasteiger partial charge in [0.15, 0.2) is 0 Å². The third-order valence-corrected chi connectivity index (χ3v) is 2.93. The summed E-state index contributed by atoms with van der Waals surface area (Å²) >= 11 is 1.47. The van der Waals surface area contributed by atoms with Crippen molar-refractivity contribution in [2.75, 3.05) is 12.3 Å². The molecule has 1 aromatic rings. The van der Waals surface area contributed by atoms with Crippen LogP contribution < -0.4 is 5.73 Å². The molecule has 0 fully saturated rings. The van der Waals surface area contributed by atoms with Gasteiger partial charge in [0.2, 0.25) is 0 Å². The summed E-state index contributed by atoms with van der Waals surface area (Å²) in [6.45, 7) is 2.00. The first-order chi connectivity index (χ1) is 6.69. The quantitative estimate of drug-likeness (QED) is 0.585. The maximum Gasteiger partial charge on any atom is 0.101 e. The lowest BCUT2D eigenvalue weighted by Gasteiger charge is -2.10. The number of aliphatic hydroxyl groups is 1. The number of thioether (sulfide) groups is 1. The Hall–Kier alpha value is -1.18. The smallest absolute Gasteiger partial charge is 0.101 e. The van der Waals surface area contributed by atoms with Crippen molar-refractivity contribution < 1.29 is 5.11 Å². The minimum Gasteiger partial charge on any atom is -0.397 e. The number of nitriles is 1. The van der Waals surface area contributed by atoms with Gasteiger partial charge in [-0.15, -0.1) is 11.8 Å². The second-order valence-electron chi connectivity index (χ2n) is 2.94. The van der Waals surface area contributed by atoms with Crippen LogP contribution in [0.15, 0.2) is 23.1 Å². The van der Waals surface area contributed by atoms with E-state index in [0.29, 0.717) is 11.3 Å². The van der Waals surface area contributed by atoms with Gasteiger partial charge in [-0.25, -0.2) is 0 Å². The molecule has 1 rings (SSSR count). The predicted molar refractivity (Wildman–Crippen MR) is 58.0 cm³/mol. The summed E-state index contributed by atoms with van der Waals surface area (Å²) < 4.78 is 0. The lowest BCUT2D eigenvalue weighted by molar-refractivity contribution is 0.300. The van der Waals surface area contributed by atoms with Gasteiger partial charge in [-0.05, 0) is 12.1 Å². The van der Waals surface area contributed by atoms with Crippen molar-refractivity contribution in [3.8, 4) is 6.07 Å². The Kier molecular flexibility index (Phi) is 3.81. The van der Waals surface area contributed by atoms with E-state index in [2.05, 4.69) is 0 Å². The highest BCUT2D eigenvalue weighted by molar-refractivity contribution is 8.00. The highest BCUT2D eigenvalue weighted by Crippen LogP contribution is 2.30. The summed E-state index contributed by atoms with van der Waals surface area (Å²) in [7, 11) is 0. The predicted octanol–water partition coefficient (Wildman–Crippen LogP) is 1.61. The van der Waals surface area contributed by atoms with Crippen LogP contribution in [0.1, 0.15) is 12.5 Å². The van der Waals surface area contributed by atoms with Crippen LogP contribution in [0.5, 0.6) is 0 Å². The molecule has 0 spiro atoms. The van der Waals surface area contributed by atoms with Crippen LogP contribution in [0.25, 0.3) is 0 Å². The van der Waals surface area contributed by atoms with Crippen LogP contribution in [-0.4, -0.2) is 17.0 Å². The molecule has 0 saturated heterocycles. The second kappa shape index (κ2) is 4.89. The van der Waals surface area contributed by atoms with Gasteiger partial charge in [0, 0.05) is 10.1 Å². The largest absolute Gasteiger partial charge is 0.397 e. The SMILES string of the molecule is CC(CO)Sc1cccc(C#N)c1N. The maximum absolute atomic E-state index is 8.89. The van der Waals surface area contributed by atoms with Crippen molar-refractivity contribution >= 4 is 17.4 Å². The number of para-hydroxylation sites is 1. The van der Waals surface area contributed by atoms with E-state index >= 15 is 0 Å². The molecule has 3 nitrogen and oxygen atoms in total. The molecular formula is C10H12N2OS. The lowest BCUT2D eigenvalue weighted by atomic mass is 10.2. The summed E-state index contributed by atoms with van der Waals surface area (Å²) in [4.78, 5) is 0.852. The highest BCUT2D eigenvalue weighted by Gasteiger charge is 2.08. The maximum atomic E-state index is 8.89. The first-order valence-corrected chi connectivity index (χ1v) is 5.13. The summed E-state index contributed by atoms with van der Waals surface area (Å²) in [5.74, 6) is 0. The Balaban J connectivity index is 2.94. The highest BCUT2D eigenvalue weighted by atomic mass is 32.2. The number of benzene rings is 1. The fourth-order valence-electron chi connectivity index (χ4n) is 0.998. The molecule has 0 bridgehead atoms. The first-order valence-electron chi connectivity index (χ1n) is 4.25. The van der Waals surface area contributed by atoms with E-state index in [0.717, 1.165) is 4.90 Å². The van der Waals surface area contributed by atoms with E-state index < -0.39 is 0 Å². The third kappa shape index (κ3) is 2.41. The molecule has 0 radical (unpaired) electrons. The molecule has 0 aliphatic rings. The van der Waals surface area contributed by atoms with Crippen molar-refractivity contribution in [2.24, 2.45) is 0 Å². The van der Waals surface area contributed by atoms with Crippen molar-refractivity contribution in [1.29, 1.82) is 5.26 Å². The van der Waals surface area contributed by atoms with E-state index in [4.69, 9.17) is 16.1 Å². The topological polar surface area (TPSA) is 70.0 Å². The van der Waals surface area contributed by atoms with Crippen LogP contribution in [0.4, 0.5) is 5.69 Å². The van der Waals surface area contributed by atoms with Gasteiger partial charge in [-0.3, -0.25) is 0 Å². The average molecular weight is 208 g/mol. The zero-order valence-corrected chi connectivity index (χ0v) is 8.71. The van der Waals surface area contributed by atoms with Gasteiger partial charge < -0.3 is 10.8 Å². The van der Waals surface area contributed by atoms with Crippen LogP contribution >= 0.6 is 11.8 Å². The summed E-state index contributed by atoms with van der Waals surface area (Å²) in [5.41, 5.74) is 6.76. The zero-order valence-electron chi connectivity index (χ0n) is 7.90. The Labute approximate surface area is 87.5 Å². The molecule has 3 N–H and O–H groups in total. The monoisotopic (exact) mass is 208 g/mol. The fourth-order valence-corrected chi connectivity index (χ4v) is 1.90. The van der Waals surface area contributed by atoms with E-state index in [1.54, 1.807) is 12.1 Å². The third-order valence-electron chi connectivity index (χ3n) is 1.77. The van der Waals surface area contributed by atoms with Gasteiger partial charge in [-0.2, -0.15) is 5.26 Å². The molecule has 0 saturated carbocycles. The molecule has 1 aromatic carbocycles. The van der Waals surface area contributed by atoms with E-state index in [1.165, 1.54) is 11.8 Å². The van der Waals surface area contributed by atoms with Crippen LogP contribution in [0, 0.1) is 11.3 Å². The van der Waals surface area contributed by atoms with Crippen molar-refractivity contribution in [2.45, 2.75) is 17.1 Å². The molecule has 14 heavy (non-hydrogen) atoms. The average Bonchev–Trinajstić information content (AvgIpc) is 2.21. The molecule has 1 atom stereocenters. The van der Waals surface area contributed by atoms with Crippen molar-refractivity contribution in [3.05, 3.63) is 23.8 Å². The van der Waals surface area contributed by atoms with Gasteiger partial charge in [-0.1, -0.05) is 13.0 Å². The van der Waals surface area contributed by atoms with Crippen LogP contribution in [0.3, 0.4) is 0 Å². The molecule has 0 aromatic heterocycles. The molecule has 74 valence electrons. The summed E-state index contributed by atoms with van der Waals surface area (Å²) in [5, 5.41) is 17.7. The number of nitrogen functional groups attached to an aromatic ring is 1. The van der Waals surface area contributed by atoms with E-state index in [9.17, 15) is 0 Å². The van der Waals surface area contributed by atoms with Gasteiger partial charge in [0.1, 0.15) is 6.07 Å². The van der Waals surface area contributed by atoms with Gasteiger partial charge >= 0.3 is 0 Å². The van der Waals surface area contributed by atoms with Gasteiger partial charge in [0.05, 0.1) is 17.9 Å². The van der Waals surface area contributed by atoms with Gasteiger partial charge in [0.25, 0.3) is 0 Å². The zero-order chi connectivity index (χ0) is 10.6. The Morgan fingerprint density at radius 3 is 2.93 bits per heavy atom. The second-order valence-corrected chi connectivity index (χ2v) is 4.42. The number of rotatable bonds is 3. The molecule has 1 unspecified atom stereocenters. The number of nitrogens with two attached hydrogens (primary N) is 1. The minimum atomic E-state index is 0.0891. The van der Waals surface area contributed by atoms with Crippen LogP contribution in [-0.2, 0) is 0 Å². The van der Waals surface area contributed by atoms with E-state index in [1.807, 2.05) is 19.1 Å². The number of hydrogen-bond donors (Lipinski definition) is 2. The first kappa shape index (κ1) is 10.9. The lowest BCUT2D eigenvalue weighted by Crippen LogP contribution is -2.03. The molecule has 0 heterocycles. The standard InChI is InChI=1S/C10H12N2OS/c1-7(6-13)14-9-4-2-3-8(5-11)10(9)12/h2-4,7,13H,6,12H2,1H3. The minimum absolute atomic E-state index is 0.0891. The van der Waals surface area contributed by atoms with Crippen molar-refractivity contribution in [3.63, 3.8) is 0 Å². The molecule has 0 aliphatic carbocycles. The van der Waals surface area contributed by atoms with E-state index in [-0.39, 0.29) is 11.9 Å². The molecule has 4 heteroatoms. The number of aliphatic hydroxyl groups excluding tert-OH is 1. The van der Waals surface area contributed by atoms with Crippen molar-refractivity contribution in [1.82, 2.24) is 0 Å². The molecule has 0 amide bonds. The number of anilines is 1. The Bertz CT molecular complexity index is 360. The Morgan fingerprint density at radius 2 is 2.36 bits per heavy atom. The molecule has 0 aliphatic heterocycles. The number of hydrogen-bond acceptors (Lipinski definition) is 4. The molecular weight excluding hydrogens is 196 g/mol. The normalized spacial score (nSPS) is 12.1. The Morgan fingerprint density at radius 1 is 1.64 bits per heavy atom. The summed E-state index contributed by atoms with van der Waals surface area (Å²) in [6, 6.07) is 7.36. The fraction of sp³-hybridized carbons (Fsp3) is 0.300.